The quantitative estimate of drug-likeness (QED) is 0.648. The number of hydrogen-bond acceptors (Lipinski definition) is 4. The monoisotopic (exact) mass is 416 g/mol. The Balaban J connectivity index is 2.14. The summed E-state index contributed by atoms with van der Waals surface area (Å²) in [5.41, 5.74) is -1.96. The van der Waals surface area contributed by atoms with Gasteiger partial charge in [-0.3, -0.25) is 9.59 Å². The second kappa shape index (κ2) is 8.23. The molecule has 0 spiro atoms. The van der Waals surface area contributed by atoms with Crippen LogP contribution in [0.25, 0.3) is 10.9 Å². The molecule has 0 aliphatic rings. The van der Waals surface area contributed by atoms with E-state index in [1.54, 1.807) is 24.3 Å². The molecule has 0 saturated carbocycles. The van der Waals surface area contributed by atoms with Gasteiger partial charge in [0.1, 0.15) is 22.9 Å². The minimum atomic E-state index is -1.20. The van der Waals surface area contributed by atoms with Gasteiger partial charge in [-0.1, -0.05) is 12.1 Å². The molecule has 6 nitrogen and oxygen atoms in total. The third kappa shape index (κ3) is 4.49. The maximum Gasteiger partial charge on any atom is 0.256 e. The van der Waals surface area contributed by atoms with Crippen molar-refractivity contribution in [1.29, 1.82) is 0 Å². The lowest BCUT2D eigenvalue weighted by Crippen LogP contribution is -2.40. The van der Waals surface area contributed by atoms with Crippen molar-refractivity contribution in [1.82, 2.24) is 9.88 Å². The SMILES string of the molecule is COc1ccc(Cn2cc(C(=O)NCC(C)(C)O)c(=O)c3c(F)ccc(F)c32)cc1. The van der Waals surface area contributed by atoms with E-state index in [0.717, 1.165) is 17.7 Å². The molecule has 30 heavy (non-hydrogen) atoms. The second-order valence-electron chi connectivity index (χ2n) is 7.60. The Morgan fingerprint density at radius 1 is 1.13 bits per heavy atom. The first-order valence-electron chi connectivity index (χ1n) is 9.25. The van der Waals surface area contributed by atoms with Crippen LogP contribution >= 0.6 is 0 Å². The molecule has 3 rings (SSSR count). The summed E-state index contributed by atoms with van der Waals surface area (Å²) < 4.78 is 35.5. The largest absolute Gasteiger partial charge is 0.497 e. The molecule has 8 heteroatoms. The Hall–Kier alpha value is -3.26. The fourth-order valence-corrected chi connectivity index (χ4v) is 3.06. The van der Waals surface area contributed by atoms with Crippen LogP contribution in [0.15, 0.2) is 47.4 Å². The average molecular weight is 416 g/mol. The lowest BCUT2D eigenvalue weighted by atomic mass is 10.1. The van der Waals surface area contributed by atoms with E-state index in [4.69, 9.17) is 4.74 Å². The molecule has 2 aromatic carbocycles. The summed E-state index contributed by atoms with van der Waals surface area (Å²) in [5, 5.41) is 11.8. The molecule has 0 aliphatic carbocycles. The molecule has 0 unspecified atom stereocenters. The Labute approximate surface area is 171 Å². The Morgan fingerprint density at radius 2 is 1.77 bits per heavy atom. The number of halogens is 2. The van der Waals surface area contributed by atoms with Gasteiger partial charge in [0.05, 0.1) is 23.6 Å². The molecule has 3 aromatic rings. The molecular formula is C22H22F2N2O4. The number of carbonyl (C=O) groups excluding carboxylic acids is 1. The summed E-state index contributed by atoms with van der Waals surface area (Å²) >= 11 is 0. The van der Waals surface area contributed by atoms with E-state index in [2.05, 4.69) is 5.32 Å². The third-order valence-electron chi connectivity index (χ3n) is 4.56. The zero-order chi connectivity index (χ0) is 22.1. The first-order chi connectivity index (χ1) is 14.1. The number of pyridine rings is 1. The molecule has 0 fully saturated rings. The maximum atomic E-state index is 14.6. The zero-order valence-electron chi connectivity index (χ0n) is 16.8. The molecule has 0 bridgehead atoms. The van der Waals surface area contributed by atoms with Crippen LogP contribution in [0.5, 0.6) is 5.75 Å². The van der Waals surface area contributed by atoms with Crippen molar-refractivity contribution in [2.45, 2.75) is 26.0 Å². The van der Waals surface area contributed by atoms with E-state index < -0.39 is 34.0 Å². The molecule has 2 N–H and O–H groups in total. The van der Waals surface area contributed by atoms with Crippen molar-refractivity contribution in [3.8, 4) is 5.75 Å². The van der Waals surface area contributed by atoms with Gasteiger partial charge in [0.25, 0.3) is 5.91 Å². The van der Waals surface area contributed by atoms with Gasteiger partial charge in [0.2, 0.25) is 5.43 Å². The molecule has 0 saturated heterocycles. The minimum Gasteiger partial charge on any atom is -0.497 e. The third-order valence-corrected chi connectivity index (χ3v) is 4.56. The number of hydrogen-bond donors (Lipinski definition) is 2. The summed E-state index contributed by atoms with van der Waals surface area (Å²) in [7, 11) is 1.53. The van der Waals surface area contributed by atoms with Crippen LogP contribution in [0.3, 0.4) is 0 Å². The Morgan fingerprint density at radius 3 is 2.37 bits per heavy atom. The fourth-order valence-electron chi connectivity index (χ4n) is 3.06. The van der Waals surface area contributed by atoms with Crippen molar-refractivity contribution in [2.24, 2.45) is 0 Å². The fraction of sp³-hybridized carbons (Fsp3) is 0.273. The lowest BCUT2D eigenvalue weighted by Gasteiger charge is -2.18. The van der Waals surface area contributed by atoms with Crippen molar-refractivity contribution < 1.29 is 23.4 Å². The lowest BCUT2D eigenvalue weighted by molar-refractivity contribution is 0.0693. The molecule has 1 heterocycles. The highest BCUT2D eigenvalue weighted by molar-refractivity contribution is 5.97. The molecule has 0 aliphatic heterocycles. The number of aliphatic hydroxyl groups is 1. The normalized spacial score (nSPS) is 11.5. The number of fused-ring (bicyclic) bond motifs is 1. The average Bonchev–Trinajstić information content (AvgIpc) is 2.70. The summed E-state index contributed by atoms with van der Waals surface area (Å²) in [4.78, 5) is 25.4. The topological polar surface area (TPSA) is 80.6 Å². The molecule has 158 valence electrons. The highest BCUT2D eigenvalue weighted by atomic mass is 19.1. The minimum absolute atomic E-state index is 0.0902. The van der Waals surface area contributed by atoms with E-state index in [-0.39, 0.29) is 24.2 Å². The Kier molecular flexibility index (Phi) is 5.89. The number of ether oxygens (including phenoxy) is 1. The molecular weight excluding hydrogens is 394 g/mol. The van der Waals surface area contributed by atoms with E-state index in [1.165, 1.54) is 31.7 Å². The maximum absolute atomic E-state index is 14.6. The summed E-state index contributed by atoms with van der Waals surface area (Å²) in [5.74, 6) is -1.85. The zero-order valence-corrected chi connectivity index (χ0v) is 16.8. The number of aromatic nitrogens is 1. The number of benzene rings is 2. The van der Waals surface area contributed by atoms with Crippen LogP contribution in [0, 0.1) is 11.6 Å². The summed E-state index contributed by atoms with van der Waals surface area (Å²) in [6.45, 7) is 2.95. The number of nitrogens with zero attached hydrogens (tertiary/aromatic N) is 1. The van der Waals surface area contributed by atoms with Crippen molar-refractivity contribution >= 4 is 16.8 Å². The summed E-state index contributed by atoms with van der Waals surface area (Å²) in [6.07, 6.45) is 1.21. The molecule has 0 radical (unpaired) electrons. The van der Waals surface area contributed by atoms with Crippen LogP contribution < -0.4 is 15.5 Å². The van der Waals surface area contributed by atoms with Crippen molar-refractivity contribution in [3.05, 3.63) is 75.6 Å². The molecule has 1 amide bonds. The standard InChI is InChI=1S/C22H22F2N2O4/c1-22(2,29)12-25-21(28)15-11-26(10-13-4-6-14(30-3)7-5-13)19-17(24)9-8-16(23)18(19)20(15)27/h4-9,11,29H,10,12H2,1-3H3,(H,25,28). The van der Waals surface area contributed by atoms with Gasteiger partial charge in [-0.15, -0.1) is 0 Å². The van der Waals surface area contributed by atoms with Gasteiger partial charge in [0.15, 0.2) is 0 Å². The smallest absolute Gasteiger partial charge is 0.256 e. The van der Waals surface area contributed by atoms with Gasteiger partial charge in [-0.2, -0.15) is 0 Å². The van der Waals surface area contributed by atoms with Crippen LogP contribution in [0.2, 0.25) is 0 Å². The van der Waals surface area contributed by atoms with E-state index in [0.29, 0.717) is 5.75 Å². The van der Waals surface area contributed by atoms with Crippen LogP contribution in [-0.2, 0) is 6.54 Å². The second-order valence-corrected chi connectivity index (χ2v) is 7.60. The first-order valence-corrected chi connectivity index (χ1v) is 9.25. The number of carbonyl (C=O) groups is 1. The first kappa shape index (κ1) is 21.4. The van der Waals surface area contributed by atoms with Crippen molar-refractivity contribution in [2.75, 3.05) is 13.7 Å². The van der Waals surface area contributed by atoms with Crippen molar-refractivity contribution in [3.63, 3.8) is 0 Å². The van der Waals surface area contributed by atoms with Crippen LogP contribution in [-0.4, -0.2) is 34.8 Å². The van der Waals surface area contributed by atoms with E-state index >= 15 is 0 Å². The summed E-state index contributed by atoms with van der Waals surface area (Å²) in [6, 6.07) is 8.72. The van der Waals surface area contributed by atoms with Crippen LogP contribution in [0.4, 0.5) is 8.78 Å². The molecule has 1 aromatic heterocycles. The number of rotatable bonds is 6. The number of amides is 1. The highest BCUT2D eigenvalue weighted by Gasteiger charge is 2.22. The predicted octanol–water partition coefficient (Wildman–Crippen LogP) is 2.84. The Bertz CT molecular complexity index is 1150. The van der Waals surface area contributed by atoms with Gasteiger partial charge < -0.3 is 19.7 Å². The number of methoxy groups -OCH3 is 1. The van der Waals surface area contributed by atoms with Gasteiger partial charge in [-0.25, -0.2) is 8.78 Å². The van der Waals surface area contributed by atoms with Crippen LogP contribution in [0.1, 0.15) is 29.8 Å². The van der Waals surface area contributed by atoms with Gasteiger partial charge in [0, 0.05) is 19.3 Å². The van der Waals surface area contributed by atoms with E-state index in [9.17, 15) is 23.5 Å². The highest BCUT2D eigenvalue weighted by Crippen LogP contribution is 2.21. The van der Waals surface area contributed by atoms with Gasteiger partial charge in [-0.05, 0) is 43.7 Å². The van der Waals surface area contributed by atoms with Gasteiger partial charge >= 0.3 is 0 Å². The van der Waals surface area contributed by atoms with E-state index in [1.807, 2.05) is 0 Å². The number of nitrogens with one attached hydrogen (secondary N) is 1. The predicted molar refractivity (Wildman–Crippen MR) is 109 cm³/mol. The molecule has 0 atom stereocenters.